The van der Waals surface area contributed by atoms with Crippen molar-refractivity contribution in [2.45, 2.75) is 4.90 Å². The summed E-state index contributed by atoms with van der Waals surface area (Å²) in [4.78, 5) is 12.1. The van der Waals surface area contributed by atoms with E-state index in [9.17, 15) is 17.6 Å². The standard InChI is InChI=1S/C19H19FN2O4S/c20-16-4-1-15(2-5-16)3-10-19(23)21-17-6-8-18(9-7-17)27(24,25)22-11-13-26-14-12-22/h1-10H,11-14H2,(H,21,23)/b10-3+. The van der Waals surface area contributed by atoms with Gasteiger partial charge in [0.1, 0.15) is 5.82 Å². The van der Waals surface area contributed by atoms with E-state index in [0.717, 1.165) is 0 Å². The first-order valence-corrected chi connectivity index (χ1v) is 9.82. The summed E-state index contributed by atoms with van der Waals surface area (Å²) in [7, 11) is -3.56. The van der Waals surface area contributed by atoms with Crippen LogP contribution in [0, 0.1) is 5.82 Å². The Kier molecular flexibility index (Phi) is 6.00. The van der Waals surface area contributed by atoms with E-state index < -0.39 is 10.0 Å². The Hall–Kier alpha value is -2.55. The average Bonchev–Trinajstić information content (AvgIpc) is 2.69. The van der Waals surface area contributed by atoms with Gasteiger partial charge >= 0.3 is 0 Å². The predicted molar refractivity (Wildman–Crippen MR) is 100 cm³/mol. The Balaban J connectivity index is 1.63. The molecule has 8 heteroatoms. The molecule has 1 aliphatic rings. The molecule has 1 fully saturated rings. The Morgan fingerprint density at radius 2 is 1.67 bits per heavy atom. The maximum atomic E-state index is 12.9. The summed E-state index contributed by atoms with van der Waals surface area (Å²) >= 11 is 0. The number of ether oxygens (including phenoxy) is 1. The lowest BCUT2D eigenvalue weighted by atomic mass is 10.2. The van der Waals surface area contributed by atoms with Crippen molar-refractivity contribution in [2.75, 3.05) is 31.6 Å². The van der Waals surface area contributed by atoms with Gasteiger partial charge in [-0.3, -0.25) is 4.79 Å². The van der Waals surface area contributed by atoms with Crippen LogP contribution in [0.5, 0.6) is 0 Å². The van der Waals surface area contributed by atoms with Crippen molar-refractivity contribution in [1.29, 1.82) is 0 Å². The number of nitrogens with zero attached hydrogens (tertiary/aromatic N) is 1. The minimum absolute atomic E-state index is 0.171. The molecule has 0 bridgehead atoms. The summed E-state index contributed by atoms with van der Waals surface area (Å²) in [6.07, 6.45) is 2.89. The summed E-state index contributed by atoms with van der Waals surface area (Å²) < 4.78 is 44.5. The van der Waals surface area contributed by atoms with Gasteiger partial charge in [0.05, 0.1) is 18.1 Å². The van der Waals surface area contributed by atoms with Gasteiger partial charge in [0.25, 0.3) is 0 Å². The molecular formula is C19H19FN2O4S. The van der Waals surface area contributed by atoms with Crippen LogP contribution in [0.3, 0.4) is 0 Å². The Morgan fingerprint density at radius 3 is 2.30 bits per heavy atom. The number of rotatable bonds is 5. The van der Waals surface area contributed by atoms with Crippen LogP contribution >= 0.6 is 0 Å². The number of sulfonamides is 1. The summed E-state index contributed by atoms with van der Waals surface area (Å²) in [5.74, 6) is -0.716. The van der Waals surface area contributed by atoms with Gasteiger partial charge in [0, 0.05) is 24.9 Å². The topological polar surface area (TPSA) is 75.7 Å². The van der Waals surface area contributed by atoms with Crippen LogP contribution in [0.4, 0.5) is 10.1 Å². The van der Waals surface area contributed by atoms with E-state index >= 15 is 0 Å². The Morgan fingerprint density at radius 1 is 1.04 bits per heavy atom. The van der Waals surface area contributed by atoms with Crippen LogP contribution in [-0.4, -0.2) is 44.9 Å². The van der Waals surface area contributed by atoms with Crippen LogP contribution in [0.1, 0.15) is 5.56 Å². The van der Waals surface area contributed by atoms with E-state index in [1.807, 2.05) is 0 Å². The molecule has 2 aromatic rings. The van der Waals surface area contributed by atoms with E-state index in [0.29, 0.717) is 37.6 Å². The van der Waals surface area contributed by atoms with Gasteiger partial charge in [0.15, 0.2) is 0 Å². The summed E-state index contributed by atoms with van der Waals surface area (Å²) in [5.41, 5.74) is 1.17. The molecule has 0 aromatic heterocycles. The number of morpholine rings is 1. The van der Waals surface area contributed by atoms with Gasteiger partial charge in [-0.05, 0) is 48.0 Å². The van der Waals surface area contributed by atoms with E-state index in [-0.39, 0.29) is 16.6 Å². The molecule has 0 spiro atoms. The van der Waals surface area contributed by atoms with Crippen LogP contribution in [-0.2, 0) is 19.6 Å². The number of amides is 1. The minimum Gasteiger partial charge on any atom is -0.379 e. The molecule has 3 rings (SSSR count). The Labute approximate surface area is 157 Å². The lowest BCUT2D eigenvalue weighted by Gasteiger charge is -2.26. The second-order valence-corrected chi connectivity index (χ2v) is 7.85. The van der Waals surface area contributed by atoms with Gasteiger partial charge in [-0.25, -0.2) is 12.8 Å². The van der Waals surface area contributed by atoms with E-state index in [2.05, 4.69) is 5.32 Å². The number of benzene rings is 2. The molecule has 27 heavy (non-hydrogen) atoms. The summed E-state index contributed by atoms with van der Waals surface area (Å²) in [6.45, 7) is 1.42. The fraction of sp³-hybridized carbons (Fsp3) is 0.211. The Bertz CT molecular complexity index is 919. The maximum Gasteiger partial charge on any atom is 0.248 e. The first-order chi connectivity index (χ1) is 12.9. The highest BCUT2D eigenvalue weighted by Crippen LogP contribution is 2.19. The number of hydrogen-bond donors (Lipinski definition) is 1. The second kappa shape index (κ2) is 8.43. The average molecular weight is 390 g/mol. The van der Waals surface area contributed by atoms with Crippen molar-refractivity contribution in [3.05, 3.63) is 66.0 Å². The van der Waals surface area contributed by atoms with E-state index in [1.54, 1.807) is 18.2 Å². The molecule has 6 nitrogen and oxygen atoms in total. The smallest absolute Gasteiger partial charge is 0.248 e. The quantitative estimate of drug-likeness (QED) is 0.796. The molecule has 1 saturated heterocycles. The molecule has 0 unspecified atom stereocenters. The number of halogens is 1. The van der Waals surface area contributed by atoms with Gasteiger partial charge in [0.2, 0.25) is 15.9 Å². The number of nitrogens with one attached hydrogen (secondary N) is 1. The molecule has 0 aliphatic carbocycles. The number of carbonyl (C=O) groups excluding carboxylic acids is 1. The molecule has 1 N–H and O–H groups in total. The zero-order valence-electron chi connectivity index (χ0n) is 14.5. The van der Waals surface area contributed by atoms with Gasteiger partial charge in [-0.15, -0.1) is 0 Å². The zero-order valence-corrected chi connectivity index (χ0v) is 15.3. The van der Waals surface area contributed by atoms with Crippen molar-refractivity contribution < 1.29 is 22.3 Å². The molecular weight excluding hydrogens is 371 g/mol. The first-order valence-electron chi connectivity index (χ1n) is 8.38. The predicted octanol–water partition coefficient (Wildman–Crippen LogP) is 2.50. The van der Waals surface area contributed by atoms with E-state index in [1.165, 1.54) is 46.8 Å². The number of anilines is 1. The third-order valence-electron chi connectivity index (χ3n) is 4.03. The number of carbonyl (C=O) groups is 1. The zero-order chi connectivity index (χ0) is 19.3. The highest BCUT2D eigenvalue weighted by molar-refractivity contribution is 7.89. The fourth-order valence-corrected chi connectivity index (χ4v) is 3.98. The monoisotopic (exact) mass is 390 g/mol. The lowest BCUT2D eigenvalue weighted by molar-refractivity contribution is -0.111. The van der Waals surface area contributed by atoms with Crippen LogP contribution in [0.2, 0.25) is 0 Å². The summed E-state index contributed by atoms with van der Waals surface area (Å²) in [5, 5.41) is 2.65. The largest absolute Gasteiger partial charge is 0.379 e. The SMILES string of the molecule is O=C(/C=C/c1ccc(F)cc1)Nc1ccc(S(=O)(=O)N2CCOCC2)cc1. The maximum absolute atomic E-state index is 12.9. The van der Waals surface area contributed by atoms with Crippen molar-refractivity contribution >= 4 is 27.7 Å². The van der Waals surface area contributed by atoms with Crippen molar-refractivity contribution in [3.8, 4) is 0 Å². The fourth-order valence-electron chi connectivity index (χ4n) is 2.58. The van der Waals surface area contributed by atoms with Gasteiger partial charge in [-0.1, -0.05) is 12.1 Å². The first kappa shape index (κ1) is 19.2. The second-order valence-electron chi connectivity index (χ2n) is 5.91. The highest BCUT2D eigenvalue weighted by atomic mass is 32.2. The van der Waals surface area contributed by atoms with E-state index in [4.69, 9.17) is 4.74 Å². The third-order valence-corrected chi connectivity index (χ3v) is 5.94. The van der Waals surface area contributed by atoms with Crippen LogP contribution in [0.25, 0.3) is 6.08 Å². The van der Waals surface area contributed by atoms with Gasteiger partial charge < -0.3 is 10.1 Å². The highest BCUT2D eigenvalue weighted by Gasteiger charge is 2.26. The molecule has 1 heterocycles. The van der Waals surface area contributed by atoms with Crippen molar-refractivity contribution in [3.63, 3.8) is 0 Å². The molecule has 0 atom stereocenters. The summed E-state index contributed by atoms with van der Waals surface area (Å²) in [6, 6.07) is 11.7. The van der Waals surface area contributed by atoms with Crippen LogP contribution < -0.4 is 5.32 Å². The molecule has 1 amide bonds. The lowest BCUT2D eigenvalue weighted by Crippen LogP contribution is -2.40. The van der Waals surface area contributed by atoms with Crippen molar-refractivity contribution in [1.82, 2.24) is 4.31 Å². The molecule has 142 valence electrons. The van der Waals surface area contributed by atoms with Crippen LogP contribution in [0.15, 0.2) is 59.5 Å². The normalized spacial score (nSPS) is 15.7. The molecule has 2 aromatic carbocycles. The van der Waals surface area contributed by atoms with Crippen molar-refractivity contribution in [2.24, 2.45) is 0 Å². The minimum atomic E-state index is -3.56. The van der Waals surface area contributed by atoms with Gasteiger partial charge in [-0.2, -0.15) is 4.31 Å². The third kappa shape index (κ3) is 5.00. The molecule has 0 saturated carbocycles. The molecule has 1 aliphatic heterocycles. The molecule has 0 radical (unpaired) electrons. The number of hydrogen-bond acceptors (Lipinski definition) is 4.